The first kappa shape index (κ1) is 19.6. The van der Waals surface area contributed by atoms with E-state index in [1.54, 1.807) is 13.2 Å². The highest BCUT2D eigenvalue weighted by Gasteiger charge is 2.22. The Labute approximate surface area is 156 Å². The van der Waals surface area contributed by atoms with Gasteiger partial charge in [-0.1, -0.05) is 36.4 Å². The van der Waals surface area contributed by atoms with Gasteiger partial charge < -0.3 is 15.2 Å². The molecule has 0 spiro atoms. The number of nitrogens with zero attached hydrogens (tertiary/aromatic N) is 1. The van der Waals surface area contributed by atoms with Gasteiger partial charge in [0.25, 0.3) is 0 Å². The lowest BCUT2D eigenvalue weighted by Gasteiger charge is -2.28. The monoisotopic (exact) mass is 362 g/mol. The van der Waals surface area contributed by atoms with Crippen LogP contribution in [0.1, 0.15) is 30.0 Å². The normalized spacial score (nSPS) is 15.6. The van der Waals surface area contributed by atoms with E-state index in [0.29, 0.717) is 11.8 Å². The molecule has 2 aromatic rings. The van der Waals surface area contributed by atoms with Crippen LogP contribution in [0.3, 0.4) is 0 Å². The summed E-state index contributed by atoms with van der Waals surface area (Å²) in [4.78, 5) is 2.56. The van der Waals surface area contributed by atoms with Crippen LogP contribution in [0.15, 0.2) is 48.5 Å². The molecule has 1 aliphatic heterocycles. The van der Waals surface area contributed by atoms with Crippen molar-refractivity contribution in [1.82, 2.24) is 10.2 Å². The molecule has 25 heavy (non-hydrogen) atoms. The van der Waals surface area contributed by atoms with Crippen LogP contribution in [-0.2, 0) is 6.54 Å². The Kier molecular flexibility index (Phi) is 7.56. The zero-order chi connectivity index (χ0) is 16.8. The van der Waals surface area contributed by atoms with Gasteiger partial charge in [0, 0.05) is 19.1 Å². The number of benzene rings is 2. The number of rotatable bonds is 7. The second kappa shape index (κ2) is 9.66. The van der Waals surface area contributed by atoms with Crippen molar-refractivity contribution >= 4 is 12.4 Å². The predicted octanol–water partition coefficient (Wildman–Crippen LogP) is 3.75. The van der Waals surface area contributed by atoms with Gasteiger partial charge in [-0.25, -0.2) is 0 Å². The summed E-state index contributed by atoms with van der Waals surface area (Å²) in [7, 11) is 1.56. The summed E-state index contributed by atoms with van der Waals surface area (Å²) in [5.74, 6) is 0.703. The molecule has 0 bridgehead atoms. The topological polar surface area (TPSA) is 44.7 Å². The number of methoxy groups -OCH3 is 1. The molecule has 1 aliphatic rings. The molecule has 136 valence electrons. The third kappa shape index (κ3) is 5.11. The molecule has 0 saturated carbocycles. The number of hydrogen-bond donors (Lipinski definition) is 2. The van der Waals surface area contributed by atoms with Crippen molar-refractivity contribution in [3.05, 3.63) is 59.7 Å². The number of hydrogen-bond acceptors (Lipinski definition) is 4. The molecule has 4 nitrogen and oxygen atoms in total. The van der Waals surface area contributed by atoms with Crippen LogP contribution < -0.4 is 10.1 Å². The SMILES string of the molecule is COc1ccc(CNCC(c2ccccc2)N2CCCC2)cc1O.Cl. The second-order valence-corrected chi connectivity index (χ2v) is 6.31. The van der Waals surface area contributed by atoms with E-state index in [4.69, 9.17) is 4.74 Å². The van der Waals surface area contributed by atoms with Gasteiger partial charge in [-0.2, -0.15) is 0 Å². The van der Waals surface area contributed by atoms with Crippen LogP contribution in [0.5, 0.6) is 11.5 Å². The molecule has 0 amide bonds. The van der Waals surface area contributed by atoms with E-state index < -0.39 is 0 Å². The Balaban J connectivity index is 0.00000225. The average molecular weight is 363 g/mol. The molecule has 1 heterocycles. The highest BCUT2D eigenvalue weighted by molar-refractivity contribution is 5.85. The standard InChI is InChI=1S/C20H26N2O2.ClH/c1-24-20-10-9-16(13-19(20)23)14-21-15-18(22-11-5-6-12-22)17-7-3-2-4-8-17;/h2-4,7-10,13,18,21,23H,5-6,11-12,14-15H2,1H3;1H. The Hall–Kier alpha value is -1.75. The number of likely N-dealkylation sites (tertiary alicyclic amines) is 1. The summed E-state index contributed by atoms with van der Waals surface area (Å²) >= 11 is 0. The molecular weight excluding hydrogens is 336 g/mol. The van der Waals surface area contributed by atoms with Crippen LogP contribution in [0, 0.1) is 0 Å². The summed E-state index contributed by atoms with van der Waals surface area (Å²) in [6.45, 7) is 3.97. The van der Waals surface area contributed by atoms with E-state index in [0.717, 1.165) is 18.7 Å². The first-order chi connectivity index (χ1) is 11.8. The minimum absolute atomic E-state index is 0. The maximum absolute atomic E-state index is 9.89. The van der Waals surface area contributed by atoms with Crippen molar-refractivity contribution in [2.75, 3.05) is 26.7 Å². The third-order valence-electron chi connectivity index (χ3n) is 4.68. The average Bonchev–Trinajstić information content (AvgIpc) is 3.14. The van der Waals surface area contributed by atoms with Crippen LogP contribution in [0.2, 0.25) is 0 Å². The van der Waals surface area contributed by atoms with Gasteiger partial charge in [0.15, 0.2) is 11.5 Å². The number of phenolic OH excluding ortho intramolecular Hbond substituents is 1. The fraction of sp³-hybridized carbons (Fsp3) is 0.400. The van der Waals surface area contributed by atoms with Crippen LogP contribution in [-0.4, -0.2) is 36.8 Å². The number of phenols is 1. The molecule has 1 atom stereocenters. The first-order valence-electron chi connectivity index (χ1n) is 8.63. The van der Waals surface area contributed by atoms with Crippen molar-refractivity contribution in [2.45, 2.75) is 25.4 Å². The van der Waals surface area contributed by atoms with Crippen LogP contribution in [0.25, 0.3) is 0 Å². The fourth-order valence-electron chi connectivity index (χ4n) is 3.38. The molecule has 2 aromatic carbocycles. The van der Waals surface area contributed by atoms with Gasteiger partial charge in [0.05, 0.1) is 7.11 Å². The first-order valence-corrected chi connectivity index (χ1v) is 8.63. The highest BCUT2D eigenvalue weighted by Crippen LogP contribution is 2.27. The third-order valence-corrected chi connectivity index (χ3v) is 4.68. The summed E-state index contributed by atoms with van der Waals surface area (Å²) in [6.07, 6.45) is 2.57. The molecule has 0 radical (unpaired) electrons. The summed E-state index contributed by atoms with van der Waals surface area (Å²) in [5, 5.41) is 13.4. The zero-order valence-corrected chi connectivity index (χ0v) is 15.5. The Morgan fingerprint density at radius 2 is 1.84 bits per heavy atom. The molecular formula is C20H27ClN2O2. The lowest BCUT2D eigenvalue weighted by Crippen LogP contribution is -2.34. The number of aromatic hydroxyl groups is 1. The molecule has 0 aliphatic carbocycles. The quantitative estimate of drug-likeness (QED) is 0.787. The van der Waals surface area contributed by atoms with E-state index in [1.807, 2.05) is 12.1 Å². The molecule has 2 N–H and O–H groups in total. The van der Waals surface area contributed by atoms with Gasteiger partial charge in [-0.3, -0.25) is 4.90 Å². The number of ether oxygens (including phenoxy) is 1. The molecule has 0 aromatic heterocycles. The van der Waals surface area contributed by atoms with Gasteiger partial charge in [0.1, 0.15) is 0 Å². The van der Waals surface area contributed by atoms with Crippen LogP contribution >= 0.6 is 12.4 Å². The van der Waals surface area contributed by atoms with E-state index >= 15 is 0 Å². The Morgan fingerprint density at radius 3 is 2.48 bits per heavy atom. The molecule has 3 rings (SSSR count). The van der Waals surface area contributed by atoms with Crippen molar-refractivity contribution < 1.29 is 9.84 Å². The summed E-state index contributed by atoms with van der Waals surface area (Å²) in [6, 6.07) is 16.7. The van der Waals surface area contributed by atoms with Crippen molar-refractivity contribution in [2.24, 2.45) is 0 Å². The van der Waals surface area contributed by atoms with Crippen molar-refractivity contribution in [3.8, 4) is 11.5 Å². The van der Waals surface area contributed by atoms with Crippen molar-refractivity contribution in [1.29, 1.82) is 0 Å². The molecule has 5 heteroatoms. The largest absolute Gasteiger partial charge is 0.504 e. The fourth-order valence-corrected chi connectivity index (χ4v) is 3.38. The second-order valence-electron chi connectivity index (χ2n) is 6.31. The summed E-state index contributed by atoms with van der Waals surface area (Å²) < 4.78 is 5.09. The zero-order valence-electron chi connectivity index (χ0n) is 14.6. The number of halogens is 1. The minimum atomic E-state index is 0. The van der Waals surface area contributed by atoms with E-state index in [9.17, 15) is 5.11 Å². The molecule has 1 unspecified atom stereocenters. The van der Waals surface area contributed by atoms with Gasteiger partial charge in [-0.15, -0.1) is 12.4 Å². The predicted molar refractivity (Wildman–Crippen MR) is 104 cm³/mol. The molecule has 1 saturated heterocycles. The van der Waals surface area contributed by atoms with Gasteiger partial charge in [0.2, 0.25) is 0 Å². The number of nitrogens with one attached hydrogen (secondary N) is 1. The van der Waals surface area contributed by atoms with Gasteiger partial charge in [-0.05, 0) is 49.2 Å². The molecule has 1 fully saturated rings. The summed E-state index contributed by atoms with van der Waals surface area (Å²) in [5.41, 5.74) is 2.42. The highest BCUT2D eigenvalue weighted by atomic mass is 35.5. The van der Waals surface area contributed by atoms with E-state index in [-0.39, 0.29) is 18.2 Å². The maximum atomic E-state index is 9.89. The lowest BCUT2D eigenvalue weighted by atomic mass is 10.1. The van der Waals surface area contributed by atoms with Gasteiger partial charge >= 0.3 is 0 Å². The minimum Gasteiger partial charge on any atom is -0.504 e. The Morgan fingerprint density at radius 1 is 1.12 bits per heavy atom. The van der Waals surface area contributed by atoms with E-state index in [2.05, 4.69) is 40.5 Å². The van der Waals surface area contributed by atoms with Crippen molar-refractivity contribution in [3.63, 3.8) is 0 Å². The van der Waals surface area contributed by atoms with E-state index in [1.165, 1.54) is 31.5 Å². The van der Waals surface area contributed by atoms with Crippen LogP contribution in [0.4, 0.5) is 0 Å². The lowest BCUT2D eigenvalue weighted by molar-refractivity contribution is 0.238. The Bertz CT molecular complexity index is 645. The maximum Gasteiger partial charge on any atom is 0.160 e. The smallest absolute Gasteiger partial charge is 0.160 e.